The summed E-state index contributed by atoms with van der Waals surface area (Å²) < 4.78 is 1.85. The zero-order valence-electron chi connectivity index (χ0n) is 9.73. The van der Waals surface area contributed by atoms with Crippen LogP contribution in [0.3, 0.4) is 0 Å². The molecular formula is C13H14BrN3. The van der Waals surface area contributed by atoms with Gasteiger partial charge in [0.1, 0.15) is 0 Å². The summed E-state index contributed by atoms with van der Waals surface area (Å²) in [6.07, 6.45) is 5.67. The van der Waals surface area contributed by atoms with E-state index in [1.807, 2.05) is 10.9 Å². The quantitative estimate of drug-likeness (QED) is 0.796. The van der Waals surface area contributed by atoms with Crippen LogP contribution in [0.5, 0.6) is 0 Å². The second-order valence-electron chi connectivity index (χ2n) is 4.51. The van der Waals surface area contributed by atoms with Crippen LogP contribution in [-0.4, -0.2) is 15.0 Å². The van der Waals surface area contributed by atoms with E-state index < -0.39 is 0 Å². The lowest BCUT2D eigenvalue weighted by Crippen LogP contribution is -1.96. The summed E-state index contributed by atoms with van der Waals surface area (Å²) in [6, 6.07) is 6.58. The molecule has 0 fully saturated rings. The van der Waals surface area contributed by atoms with Gasteiger partial charge < -0.3 is 0 Å². The molecule has 1 unspecified atom stereocenters. The molecule has 0 aliphatic heterocycles. The van der Waals surface area contributed by atoms with Crippen molar-refractivity contribution in [1.29, 1.82) is 0 Å². The minimum absolute atomic E-state index is 0.241. The van der Waals surface area contributed by atoms with Gasteiger partial charge in [-0.05, 0) is 49.4 Å². The Balaban J connectivity index is 1.97. The molecule has 1 aliphatic rings. The number of aromatic nitrogens is 3. The molecule has 0 saturated carbocycles. The molecule has 0 radical (unpaired) electrons. The molecule has 1 heterocycles. The van der Waals surface area contributed by atoms with Gasteiger partial charge in [0.15, 0.2) is 0 Å². The SMILES string of the molecule is CC(Br)c1cn(-c2ccc3c(c2)CCC3)nn1. The van der Waals surface area contributed by atoms with Gasteiger partial charge in [0.25, 0.3) is 0 Å². The smallest absolute Gasteiger partial charge is 0.0965 e. The van der Waals surface area contributed by atoms with Crippen LogP contribution in [0.1, 0.15) is 35.0 Å². The zero-order chi connectivity index (χ0) is 11.8. The van der Waals surface area contributed by atoms with Gasteiger partial charge in [-0.15, -0.1) is 5.10 Å². The van der Waals surface area contributed by atoms with Gasteiger partial charge in [-0.25, -0.2) is 4.68 Å². The predicted octanol–water partition coefficient (Wildman–Crippen LogP) is 3.21. The second-order valence-corrected chi connectivity index (χ2v) is 5.88. The van der Waals surface area contributed by atoms with Gasteiger partial charge in [0.05, 0.1) is 22.4 Å². The predicted molar refractivity (Wildman–Crippen MR) is 70.7 cm³/mol. The van der Waals surface area contributed by atoms with Crippen LogP contribution in [0.2, 0.25) is 0 Å². The van der Waals surface area contributed by atoms with Crippen LogP contribution in [0.15, 0.2) is 24.4 Å². The van der Waals surface area contributed by atoms with Gasteiger partial charge in [-0.1, -0.05) is 27.2 Å². The Labute approximate surface area is 109 Å². The number of nitrogens with zero attached hydrogens (tertiary/aromatic N) is 3. The number of hydrogen-bond acceptors (Lipinski definition) is 2. The first-order valence-corrected chi connectivity index (χ1v) is 6.84. The minimum atomic E-state index is 0.241. The molecule has 0 amide bonds. The number of aryl methyl sites for hydroxylation is 2. The Morgan fingerprint density at radius 2 is 2.12 bits per heavy atom. The zero-order valence-corrected chi connectivity index (χ0v) is 11.3. The molecule has 0 N–H and O–H groups in total. The van der Waals surface area contributed by atoms with Crippen molar-refractivity contribution in [3.05, 3.63) is 41.2 Å². The number of hydrogen-bond donors (Lipinski definition) is 0. The Hall–Kier alpha value is -1.16. The normalized spacial score (nSPS) is 15.9. The molecule has 0 bridgehead atoms. The van der Waals surface area contributed by atoms with E-state index in [0.29, 0.717) is 0 Å². The van der Waals surface area contributed by atoms with Crippen molar-refractivity contribution in [2.45, 2.75) is 31.0 Å². The molecule has 1 aromatic heterocycles. The number of alkyl halides is 1. The first-order chi connectivity index (χ1) is 8.24. The van der Waals surface area contributed by atoms with E-state index in [9.17, 15) is 0 Å². The maximum atomic E-state index is 4.17. The van der Waals surface area contributed by atoms with Gasteiger partial charge in [0.2, 0.25) is 0 Å². The molecule has 17 heavy (non-hydrogen) atoms. The highest BCUT2D eigenvalue weighted by Crippen LogP contribution is 2.25. The van der Waals surface area contributed by atoms with Crippen LogP contribution in [0, 0.1) is 0 Å². The van der Waals surface area contributed by atoms with E-state index in [-0.39, 0.29) is 4.83 Å². The Bertz CT molecular complexity index is 545. The highest BCUT2D eigenvalue weighted by molar-refractivity contribution is 9.09. The molecule has 4 heteroatoms. The second kappa shape index (κ2) is 4.26. The van der Waals surface area contributed by atoms with E-state index in [1.165, 1.54) is 30.4 Å². The lowest BCUT2D eigenvalue weighted by Gasteiger charge is -2.03. The van der Waals surface area contributed by atoms with Crippen LogP contribution in [-0.2, 0) is 12.8 Å². The highest BCUT2D eigenvalue weighted by atomic mass is 79.9. The fourth-order valence-corrected chi connectivity index (χ4v) is 2.50. The van der Waals surface area contributed by atoms with E-state index in [4.69, 9.17) is 0 Å². The molecular weight excluding hydrogens is 278 g/mol. The van der Waals surface area contributed by atoms with Gasteiger partial charge in [0, 0.05) is 0 Å². The molecule has 88 valence electrons. The van der Waals surface area contributed by atoms with Crippen molar-refractivity contribution in [3.8, 4) is 5.69 Å². The summed E-state index contributed by atoms with van der Waals surface area (Å²) in [4.78, 5) is 0.241. The maximum Gasteiger partial charge on any atom is 0.0965 e. The average Bonchev–Trinajstić information content (AvgIpc) is 2.97. The van der Waals surface area contributed by atoms with Crippen LogP contribution >= 0.6 is 15.9 Å². The molecule has 3 nitrogen and oxygen atoms in total. The third kappa shape index (κ3) is 2.02. The monoisotopic (exact) mass is 291 g/mol. The number of benzene rings is 1. The molecule has 0 spiro atoms. The molecule has 0 saturated heterocycles. The van der Waals surface area contributed by atoms with Crippen molar-refractivity contribution >= 4 is 15.9 Å². The third-order valence-corrected chi connectivity index (χ3v) is 3.73. The van der Waals surface area contributed by atoms with Gasteiger partial charge >= 0.3 is 0 Å². The first kappa shape index (κ1) is 11.0. The van der Waals surface area contributed by atoms with Crippen molar-refractivity contribution in [1.82, 2.24) is 15.0 Å². The van der Waals surface area contributed by atoms with E-state index in [2.05, 4.69) is 51.4 Å². The standard InChI is InChI=1S/C13H14BrN3/c1-9(14)13-8-17(16-15-13)12-6-5-10-3-2-4-11(10)7-12/h5-9H,2-4H2,1H3. The summed E-state index contributed by atoms with van der Waals surface area (Å²) in [6.45, 7) is 2.05. The van der Waals surface area contributed by atoms with E-state index in [1.54, 1.807) is 0 Å². The van der Waals surface area contributed by atoms with Gasteiger partial charge in [-0.3, -0.25) is 0 Å². The number of halogens is 1. The summed E-state index contributed by atoms with van der Waals surface area (Å²) >= 11 is 3.50. The van der Waals surface area contributed by atoms with Crippen LogP contribution in [0.4, 0.5) is 0 Å². The van der Waals surface area contributed by atoms with Gasteiger partial charge in [-0.2, -0.15) is 0 Å². The lowest BCUT2D eigenvalue weighted by atomic mass is 10.1. The summed E-state index contributed by atoms with van der Waals surface area (Å²) in [5.74, 6) is 0. The summed E-state index contributed by atoms with van der Waals surface area (Å²) in [5, 5.41) is 8.32. The molecule has 3 rings (SSSR count). The Kier molecular flexibility index (Phi) is 2.74. The fraction of sp³-hybridized carbons (Fsp3) is 0.385. The lowest BCUT2D eigenvalue weighted by molar-refractivity contribution is 0.796. The fourth-order valence-electron chi connectivity index (χ4n) is 2.29. The minimum Gasteiger partial charge on any atom is -0.220 e. The molecule has 1 aliphatic carbocycles. The van der Waals surface area contributed by atoms with Crippen molar-refractivity contribution < 1.29 is 0 Å². The van der Waals surface area contributed by atoms with Crippen molar-refractivity contribution in [2.75, 3.05) is 0 Å². The first-order valence-electron chi connectivity index (χ1n) is 5.92. The largest absolute Gasteiger partial charge is 0.220 e. The van der Waals surface area contributed by atoms with Crippen LogP contribution < -0.4 is 0 Å². The number of fused-ring (bicyclic) bond motifs is 1. The average molecular weight is 292 g/mol. The van der Waals surface area contributed by atoms with Crippen LogP contribution in [0.25, 0.3) is 5.69 Å². The Morgan fingerprint density at radius 3 is 2.88 bits per heavy atom. The molecule has 1 atom stereocenters. The maximum absolute atomic E-state index is 4.17. The third-order valence-electron chi connectivity index (χ3n) is 3.27. The topological polar surface area (TPSA) is 30.7 Å². The van der Waals surface area contributed by atoms with E-state index >= 15 is 0 Å². The molecule has 1 aromatic carbocycles. The van der Waals surface area contributed by atoms with E-state index in [0.717, 1.165) is 11.4 Å². The summed E-state index contributed by atoms with van der Waals surface area (Å²) in [5.41, 5.74) is 5.03. The number of rotatable bonds is 2. The molecule has 2 aromatic rings. The summed E-state index contributed by atoms with van der Waals surface area (Å²) in [7, 11) is 0. The Morgan fingerprint density at radius 1 is 1.29 bits per heavy atom. The highest BCUT2D eigenvalue weighted by Gasteiger charge is 2.12. The van der Waals surface area contributed by atoms with Crippen molar-refractivity contribution in [3.63, 3.8) is 0 Å². The van der Waals surface area contributed by atoms with Crippen molar-refractivity contribution in [2.24, 2.45) is 0 Å².